The second kappa shape index (κ2) is 6.40. The van der Waals surface area contributed by atoms with E-state index in [2.05, 4.69) is 5.32 Å². The first-order valence-corrected chi connectivity index (χ1v) is 7.20. The second-order valence-electron chi connectivity index (χ2n) is 5.24. The molecule has 2 rings (SSSR count). The molecule has 0 saturated carbocycles. The van der Waals surface area contributed by atoms with Crippen LogP contribution in [0, 0.1) is 5.92 Å². The number of hydrogen-bond donors (Lipinski definition) is 1. The molecule has 1 aliphatic heterocycles. The number of nitrogens with one attached hydrogen (secondary N) is 1. The van der Waals surface area contributed by atoms with Crippen molar-refractivity contribution in [3.63, 3.8) is 0 Å². The van der Waals surface area contributed by atoms with Crippen molar-refractivity contribution in [1.29, 1.82) is 0 Å². The van der Waals surface area contributed by atoms with Crippen molar-refractivity contribution in [2.24, 2.45) is 5.92 Å². The molecule has 1 aliphatic rings. The predicted octanol–water partition coefficient (Wildman–Crippen LogP) is 2.68. The number of carbonyl (C=O) groups is 1. The van der Waals surface area contributed by atoms with Crippen molar-refractivity contribution in [2.45, 2.75) is 25.3 Å². The highest BCUT2D eigenvalue weighted by atomic mass is 35.5. The van der Waals surface area contributed by atoms with E-state index < -0.39 is 5.54 Å². The van der Waals surface area contributed by atoms with Crippen LogP contribution in [0.25, 0.3) is 0 Å². The molecule has 1 saturated heterocycles. The van der Waals surface area contributed by atoms with Gasteiger partial charge in [-0.05, 0) is 25.3 Å². The fraction of sp³-hybridized carbons (Fsp3) is 0.533. The quantitative estimate of drug-likeness (QED) is 0.862. The fourth-order valence-corrected chi connectivity index (χ4v) is 2.53. The third-order valence-electron chi connectivity index (χ3n) is 3.61. The van der Waals surface area contributed by atoms with Gasteiger partial charge in [-0.3, -0.25) is 4.79 Å². The Morgan fingerprint density at radius 3 is 2.79 bits per heavy atom. The first-order valence-electron chi connectivity index (χ1n) is 6.67. The zero-order valence-electron chi connectivity index (χ0n) is 11.2. The summed E-state index contributed by atoms with van der Waals surface area (Å²) in [7, 11) is 0. The number of carbonyl (C=O) groups excluding carboxylic acids is 1. The molecule has 1 aromatic carbocycles. The number of alkyl halides is 1. The molecule has 2 atom stereocenters. The molecule has 0 bridgehead atoms. The standard InChI is InChI=1S/C15H20ClNO2/c1-15(11-16,13-7-3-2-4-8-13)17-14(18)12-6-5-9-19-10-12/h2-4,7-8,12H,5-6,9-11H2,1H3,(H,17,18). The van der Waals surface area contributed by atoms with Crippen LogP contribution in [0.4, 0.5) is 0 Å². The van der Waals surface area contributed by atoms with Crippen molar-refractivity contribution >= 4 is 17.5 Å². The van der Waals surface area contributed by atoms with Crippen molar-refractivity contribution in [1.82, 2.24) is 5.32 Å². The van der Waals surface area contributed by atoms with Gasteiger partial charge < -0.3 is 10.1 Å². The lowest BCUT2D eigenvalue weighted by molar-refractivity contribution is -0.130. The molecule has 0 spiro atoms. The fourth-order valence-electron chi connectivity index (χ4n) is 2.31. The lowest BCUT2D eigenvalue weighted by Gasteiger charge is -2.32. The molecule has 1 aromatic rings. The number of rotatable bonds is 4. The lowest BCUT2D eigenvalue weighted by atomic mass is 9.92. The van der Waals surface area contributed by atoms with E-state index in [0.29, 0.717) is 12.5 Å². The van der Waals surface area contributed by atoms with Crippen LogP contribution in [0.15, 0.2) is 30.3 Å². The van der Waals surface area contributed by atoms with Crippen molar-refractivity contribution in [3.05, 3.63) is 35.9 Å². The molecule has 4 heteroatoms. The van der Waals surface area contributed by atoms with Crippen LogP contribution in [0.1, 0.15) is 25.3 Å². The summed E-state index contributed by atoms with van der Waals surface area (Å²) >= 11 is 6.08. The van der Waals surface area contributed by atoms with Gasteiger partial charge in [0.25, 0.3) is 0 Å². The number of halogens is 1. The third kappa shape index (κ3) is 3.48. The van der Waals surface area contributed by atoms with E-state index in [4.69, 9.17) is 16.3 Å². The topological polar surface area (TPSA) is 38.3 Å². The molecule has 0 radical (unpaired) electrons. The molecule has 2 unspecified atom stereocenters. The minimum atomic E-state index is -0.530. The van der Waals surface area contributed by atoms with E-state index in [1.165, 1.54) is 0 Å². The lowest BCUT2D eigenvalue weighted by Crippen LogP contribution is -2.48. The summed E-state index contributed by atoms with van der Waals surface area (Å²) in [5.41, 5.74) is 0.493. The average Bonchev–Trinajstić information content (AvgIpc) is 2.49. The maximum absolute atomic E-state index is 12.3. The highest BCUT2D eigenvalue weighted by Gasteiger charge is 2.31. The molecule has 1 N–H and O–H groups in total. The highest BCUT2D eigenvalue weighted by molar-refractivity contribution is 6.18. The first-order chi connectivity index (χ1) is 9.15. The van der Waals surface area contributed by atoms with Crippen LogP contribution < -0.4 is 5.32 Å². The normalized spacial score (nSPS) is 22.5. The molecule has 104 valence electrons. The first kappa shape index (κ1) is 14.4. The Morgan fingerprint density at radius 1 is 1.47 bits per heavy atom. The van der Waals surface area contributed by atoms with E-state index in [0.717, 1.165) is 25.0 Å². The van der Waals surface area contributed by atoms with E-state index in [9.17, 15) is 4.79 Å². The van der Waals surface area contributed by atoms with E-state index >= 15 is 0 Å². The summed E-state index contributed by atoms with van der Waals surface area (Å²) in [6, 6.07) is 9.83. The predicted molar refractivity (Wildman–Crippen MR) is 76.2 cm³/mol. The minimum Gasteiger partial charge on any atom is -0.381 e. The Bertz CT molecular complexity index is 417. The van der Waals surface area contributed by atoms with E-state index in [-0.39, 0.29) is 11.8 Å². The molecule has 1 fully saturated rings. The van der Waals surface area contributed by atoms with Crippen LogP contribution in [0.3, 0.4) is 0 Å². The van der Waals surface area contributed by atoms with E-state index in [1.807, 2.05) is 37.3 Å². The molecule has 1 heterocycles. The molecule has 3 nitrogen and oxygen atoms in total. The van der Waals surface area contributed by atoms with Gasteiger partial charge >= 0.3 is 0 Å². The van der Waals surface area contributed by atoms with Gasteiger partial charge in [0.15, 0.2) is 0 Å². The summed E-state index contributed by atoms with van der Waals surface area (Å²) in [5, 5.41) is 3.08. The van der Waals surface area contributed by atoms with Crippen LogP contribution in [-0.4, -0.2) is 25.0 Å². The molecule has 1 amide bonds. The van der Waals surface area contributed by atoms with Gasteiger partial charge in [0.05, 0.1) is 18.1 Å². The van der Waals surface area contributed by atoms with Crippen LogP contribution in [0.5, 0.6) is 0 Å². The van der Waals surface area contributed by atoms with Gasteiger partial charge in [0.2, 0.25) is 5.91 Å². The maximum Gasteiger partial charge on any atom is 0.226 e. The molecule has 19 heavy (non-hydrogen) atoms. The zero-order chi connectivity index (χ0) is 13.7. The summed E-state index contributed by atoms with van der Waals surface area (Å²) in [4.78, 5) is 12.3. The summed E-state index contributed by atoms with van der Waals surface area (Å²) in [6.45, 7) is 3.23. The summed E-state index contributed by atoms with van der Waals surface area (Å²) < 4.78 is 5.36. The smallest absolute Gasteiger partial charge is 0.226 e. The number of benzene rings is 1. The van der Waals surface area contributed by atoms with Gasteiger partial charge in [0.1, 0.15) is 0 Å². The molecule has 0 aromatic heterocycles. The van der Waals surface area contributed by atoms with Gasteiger partial charge in [-0.2, -0.15) is 0 Å². The third-order valence-corrected chi connectivity index (χ3v) is 4.14. The zero-order valence-corrected chi connectivity index (χ0v) is 12.0. The van der Waals surface area contributed by atoms with Gasteiger partial charge in [-0.1, -0.05) is 30.3 Å². The van der Waals surface area contributed by atoms with Crippen LogP contribution in [0.2, 0.25) is 0 Å². The Kier molecular flexibility index (Phi) is 4.83. The number of ether oxygens (including phenoxy) is 1. The largest absolute Gasteiger partial charge is 0.381 e. The number of amides is 1. The summed E-state index contributed by atoms with van der Waals surface area (Å²) in [5.74, 6) is 0.322. The highest BCUT2D eigenvalue weighted by Crippen LogP contribution is 2.24. The molecular formula is C15H20ClNO2. The van der Waals surface area contributed by atoms with E-state index in [1.54, 1.807) is 0 Å². The Balaban J connectivity index is 2.07. The minimum absolute atomic E-state index is 0.0340. The van der Waals surface area contributed by atoms with Crippen molar-refractivity contribution < 1.29 is 9.53 Å². The summed E-state index contributed by atoms with van der Waals surface area (Å²) in [6.07, 6.45) is 1.83. The van der Waals surface area contributed by atoms with Gasteiger partial charge in [0, 0.05) is 12.5 Å². The Hall–Kier alpha value is -1.06. The monoisotopic (exact) mass is 281 g/mol. The Morgan fingerprint density at radius 2 is 2.21 bits per heavy atom. The Labute approximate surface area is 119 Å². The SMILES string of the molecule is CC(CCl)(NC(=O)C1CCCOC1)c1ccccc1. The van der Waals surface area contributed by atoms with Gasteiger partial charge in [-0.25, -0.2) is 0 Å². The van der Waals surface area contributed by atoms with Crippen LogP contribution in [-0.2, 0) is 15.1 Å². The van der Waals surface area contributed by atoms with Crippen molar-refractivity contribution in [2.75, 3.05) is 19.1 Å². The molecular weight excluding hydrogens is 262 g/mol. The van der Waals surface area contributed by atoms with Crippen LogP contribution >= 0.6 is 11.6 Å². The maximum atomic E-state index is 12.3. The average molecular weight is 282 g/mol. The molecule has 0 aliphatic carbocycles. The van der Waals surface area contributed by atoms with Crippen molar-refractivity contribution in [3.8, 4) is 0 Å². The number of hydrogen-bond acceptors (Lipinski definition) is 2. The van der Waals surface area contributed by atoms with Gasteiger partial charge in [-0.15, -0.1) is 11.6 Å². The second-order valence-corrected chi connectivity index (χ2v) is 5.50.